The van der Waals surface area contributed by atoms with E-state index < -0.39 is 29.7 Å². The molecule has 0 aliphatic carbocycles. The maximum atomic E-state index is 12.7. The van der Waals surface area contributed by atoms with Gasteiger partial charge >= 0.3 is 5.69 Å². The lowest BCUT2D eigenvalue weighted by Gasteiger charge is -2.17. The van der Waals surface area contributed by atoms with Crippen molar-refractivity contribution in [2.45, 2.75) is 58.1 Å². The van der Waals surface area contributed by atoms with Crippen molar-refractivity contribution in [2.75, 3.05) is 13.2 Å². The molecule has 1 aromatic rings. The van der Waals surface area contributed by atoms with Gasteiger partial charge in [0.05, 0.1) is 19.3 Å². The highest BCUT2D eigenvalue weighted by atomic mass is 16.5. The van der Waals surface area contributed by atoms with E-state index in [0.717, 1.165) is 17.4 Å². The highest BCUT2D eigenvalue weighted by Crippen LogP contribution is 2.27. The largest absolute Gasteiger partial charge is 0.394 e. The van der Waals surface area contributed by atoms with Crippen molar-refractivity contribution < 1.29 is 14.9 Å². The summed E-state index contributed by atoms with van der Waals surface area (Å²) < 4.78 is 7.78. The van der Waals surface area contributed by atoms with E-state index in [4.69, 9.17) is 10.5 Å². The molecule has 0 bridgehead atoms. The van der Waals surface area contributed by atoms with Crippen LogP contribution in [0.1, 0.15) is 38.0 Å². The zero-order valence-corrected chi connectivity index (χ0v) is 14.6. The number of ether oxygens (including phenoxy) is 1. The number of aliphatic hydroxyl groups excluding tert-OH is 2. The number of hydrogen-bond acceptors (Lipinski definition) is 6. The fourth-order valence-corrected chi connectivity index (χ4v) is 2.75. The quantitative estimate of drug-likeness (QED) is 0.331. The third-order valence-electron chi connectivity index (χ3n) is 4.21. The molecule has 2 rings (SSSR count). The van der Waals surface area contributed by atoms with E-state index in [2.05, 4.69) is 4.99 Å². The maximum Gasteiger partial charge on any atom is 0.333 e. The molecule has 2 heterocycles. The van der Waals surface area contributed by atoms with Crippen molar-refractivity contribution >= 4 is 5.84 Å². The van der Waals surface area contributed by atoms with Crippen molar-refractivity contribution in [3.8, 4) is 0 Å². The van der Waals surface area contributed by atoms with Gasteiger partial charge in [0, 0.05) is 24.7 Å². The first-order chi connectivity index (χ1) is 11.9. The van der Waals surface area contributed by atoms with Gasteiger partial charge in [0.2, 0.25) is 0 Å². The summed E-state index contributed by atoms with van der Waals surface area (Å²) in [5.41, 5.74) is 5.17. The fraction of sp³-hybridized carbons (Fsp3) is 0.688. The zero-order valence-electron chi connectivity index (χ0n) is 14.6. The Kier molecular flexibility index (Phi) is 6.51. The molecule has 25 heavy (non-hydrogen) atoms. The second kappa shape index (κ2) is 8.41. The van der Waals surface area contributed by atoms with Gasteiger partial charge in [-0.25, -0.2) is 4.79 Å². The Bertz CT molecular complexity index is 739. The number of aliphatic hydroxyl groups is 2. The Labute approximate surface area is 145 Å². The first-order valence-electron chi connectivity index (χ1n) is 8.44. The minimum Gasteiger partial charge on any atom is -0.394 e. The number of unbranched alkanes of at least 4 members (excludes halogenated alkanes) is 1. The molecule has 1 aliphatic heterocycles. The smallest absolute Gasteiger partial charge is 0.333 e. The van der Waals surface area contributed by atoms with Crippen molar-refractivity contribution in [1.29, 1.82) is 0 Å². The second-order valence-electron chi connectivity index (χ2n) is 6.23. The molecule has 9 nitrogen and oxygen atoms in total. The third kappa shape index (κ3) is 4.36. The van der Waals surface area contributed by atoms with Crippen LogP contribution in [0.25, 0.3) is 0 Å². The first-order valence-corrected chi connectivity index (χ1v) is 8.44. The van der Waals surface area contributed by atoms with Gasteiger partial charge < -0.3 is 20.7 Å². The molecule has 1 saturated heterocycles. The Hall–Kier alpha value is -1.97. The van der Waals surface area contributed by atoms with Crippen LogP contribution in [-0.4, -0.2) is 50.5 Å². The minimum absolute atomic E-state index is 0.0955. The Morgan fingerprint density at radius 2 is 2.20 bits per heavy atom. The summed E-state index contributed by atoms with van der Waals surface area (Å²) in [6.45, 7) is 3.73. The predicted octanol–water partition coefficient (Wildman–Crippen LogP) is -0.884. The molecule has 3 atom stereocenters. The number of nitrogens with two attached hydrogens (primary N) is 1. The van der Waals surface area contributed by atoms with Crippen LogP contribution >= 0.6 is 0 Å². The lowest BCUT2D eigenvalue weighted by molar-refractivity contribution is -0.0463. The molecule has 0 amide bonds. The van der Waals surface area contributed by atoms with E-state index in [0.29, 0.717) is 12.1 Å². The van der Waals surface area contributed by atoms with Crippen LogP contribution in [0.4, 0.5) is 0 Å². The minimum atomic E-state index is -0.872. The van der Waals surface area contributed by atoms with Crippen LogP contribution in [0.5, 0.6) is 0 Å². The summed E-state index contributed by atoms with van der Waals surface area (Å²) in [5, 5.41) is 19.0. The number of amidine groups is 1. The Balaban J connectivity index is 2.33. The average molecular weight is 354 g/mol. The highest BCUT2D eigenvalue weighted by molar-refractivity contribution is 5.80. The molecule has 0 unspecified atom stereocenters. The molecule has 1 aromatic heterocycles. The maximum absolute atomic E-state index is 12.7. The van der Waals surface area contributed by atoms with Crippen LogP contribution in [0, 0.1) is 6.92 Å². The van der Waals surface area contributed by atoms with Crippen LogP contribution in [0.15, 0.2) is 20.8 Å². The molecule has 4 N–H and O–H groups in total. The van der Waals surface area contributed by atoms with Gasteiger partial charge in [-0.3, -0.25) is 18.9 Å². The highest BCUT2D eigenvalue weighted by Gasteiger charge is 2.35. The van der Waals surface area contributed by atoms with Crippen LogP contribution < -0.4 is 17.0 Å². The van der Waals surface area contributed by atoms with Gasteiger partial charge in [-0.15, -0.1) is 0 Å². The van der Waals surface area contributed by atoms with Crippen LogP contribution in [0.3, 0.4) is 0 Å². The van der Waals surface area contributed by atoms with Gasteiger partial charge in [0.1, 0.15) is 18.2 Å². The molecule has 0 radical (unpaired) electrons. The van der Waals surface area contributed by atoms with Gasteiger partial charge in [0.25, 0.3) is 5.56 Å². The van der Waals surface area contributed by atoms with Crippen molar-refractivity contribution in [3.05, 3.63) is 32.6 Å². The summed E-state index contributed by atoms with van der Waals surface area (Å²) in [4.78, 5) is 29.2. The van der Waals surface area contributed by atoms with Crippen molar-refractivity contribution in [3.63, 3.8) is 0 Å². The van der Waals surface area contributed by atoms with Gasteiger partial charge in [-0.05, 0) is 13.3 Å². The second-order valence-corrected chi connectivity index (χ2v) is 6.23. The van der Waals surface area contributed by atoms with Crippen molar-refractivity contribution in [1.82, 2.24) is 9.13 Å². The average Bonchev–Trinajstić information content (AvgIpc) is 2.96. The molecule has 140 valence electrons. The molecule has 9 heteroatoms. The van der Waals surface area contributed by atoms with E-state index in [1.807, 2.05) is 6.92 Å². The van der Waals surface area contributed by atoms with Crippen molar-refractivity contribution in [2.24, 2.45) is 10.7 Å². The normalized spacial score (nSPS) is 24.0. The monoisotopic (exact) mass is 354 g/mol. The number of hydrogen-bond donors (Lipinski definition) is 3. The summed E-state index contributed by atoms with van der Waals surface area (Å²) >= 11 is 0. The molecular weight excluding hydrogens is 328 g/mol. The van der Waals surface area contributed by atoms with Crippen LogP contribution in [0.2, 0.25) is 0 Å². The van der Waals surface area contributed by atoms with Gasteiger partial charge in [-0.1, -0.05) is 13.3 Å². The van der Waals surface area contributed by atoms with E-state index in [9.17, 15) is 19.8 Å². The topological polar surface area (TPSA) is 132 Å². The SMILES string of the molecule is CCCCN=C(N)Cn1c(=O)c(C)cn([C@H]2C[C@H](O)[C@@H](CO)O2)c1=O. The molecule has 0 saturated carbocycles. The number of aliphatic imine (C=N–C) groups is 1. The Morgan fingerprint density at radius 3 is 2.80 bits per heavy atom. The zero-order chi connectivity index (χ0) is 18.6. The molecule has 1 aliphatic rings. The lowest BCUT2D eigenvalue weighted by Crippen LogP contribution is -2.44. The summed E-state index contributed by atoms with van der Waals surface area (Å²) in [6.07, 6.45) is 1.04. The molecular formula is C16H26N4O5. The summed E-state index contributed by atoms with van der Waals surface area (Å²) in [7, 11) is 0. The van der Waals surface area contributed by atoms with Crippen LogP contribution in [-0.2, 0) is 11.3 Å². The number of nitrogens with zero attached hydrogens (tertiary/aromatic N) is 3. The summed E-state index contributed by atoms with van der Waals surface area (Å²) in [5.74, 6) is 0.213. The molecule has 1 fully saturated rings. The fourth-order valence-electron chi connectivity index (χ4n) is 2.75. The first kappa shape index (κ1) is 19.4. The summed E-state index contributed by atoms with van der Waals surface area (Å²) in [6, 6.07) is 0. The predicted molar refractivity (Wildman–Crippen MR) is 92.7 cm³/mol. The number of aryl methyl sites for hydroxylation is 1. The van der Waals surface area contributed by atoms with E-state index >= 15 is 0 Å². The molecule has 0 aromatic carbocycles. The number of aromatic nitrogens is 2. The van der Waals surface area contributed by atoms with E-state index in [1.54, 1.807) is 6.92 Å². The number of rotatable bonds is 7. The van der Waals surface area contributed by atoms with E-state index in [1.165, 1.54) is 10.8 Å². The van der Waals surface area contributed by atoms with E-state index in [-0.39, 0.29) is 25.4 Å². The standard InChI is InChI=1S/C16H26N4O5/c1-3-4-5-18-13(17)8-20-15(23)10(2)7-19(16(20)24)14-6-11(22)12(9-21)25-14/h7,11-12,14,21-22H,3-6,8-9H2,1-2H3,(H2,17,18)/t11-,12+,14+/m0/s1. The van der Waals surface area contributed by atoms with Gasteiger partial charge in [-0.2, -0.15) is 0 Å². The Morgan fingerprint density at radius 1 is 1.48 bits per heavy atom. The lowest BCUT2D eigenvalue weighted by atomic mass is 10.2. The third-order valence-corrected chi connectivity index (χ3v) is 4.21. The van der Waals surface area contributed by atoms with Gasteiger partial charge in [0.15, 0.2) is 0 Å². The molecule has 0 spiro atoms.